The molecule has 4 rings (SSSR count). The molecule has 0 spiro atoms. The number of rotatable bonds is 4. The largest absolute Gasteiger partial charge is 0.292 e. The molecule has 0 saturated carbocycles. The van der Waals surface area contributed by atoms with Crippen molar-refractivity contribution >= 4 is 16.8 Å². The molecular weight excluding hydrogens is 340 g/mol. The fourth-order valence-corrected chi connectivity index (χ4v) is 3.10. The van der Waals surface area contributed by atoms with Gasteiger partial charge in [-0.3, -0.25) is 14.2 Å². The molecule has 0 atom stereocenters. The Labute approximate surface area is 155 Å². The second-order valence-electron chi connectivity index (χ2n) is 6.55. The number of nitrogens with zero attached hydrogens (tertiary/aromatic N) is 4. The van der Waals surface area contributed by atoms with E-state index in [9.17, 15) is 9.59 Å². The van der Waals surface area contributed by atoms with E-state index >= 15 is 0 Å². The monoisotopic (exact) mass is 358 g/mol. The number of carbonyl (C=O) groups is 1. The number of hydrogen-bond acceptors (Lipinski definition) is 4. The van der Waals surface area contributed by atoms with Crippen molar-refractivity contribution < 1.29 is 4.79 Å². The molecule has 0 unspecified atom stereocenters. The zero-order valence-electron chi connectivity index (χ0n) is 15.1. The first kappa shape index (κ1) is 16.9. The Bertz CT molecular complexity index is 1210. The Morgan fingerprint density at radius 2 is 1.85 bits per heavy atom. The lowest BCUT2D eigenvalue weighted by Gasteiger charge is -2.08. The highest BCUT2D eigenvalue weighted by atomic mass is 16.1. The summed E-state index contributed by atoms with van der Waals surface area (Å²) in [5, 5.41) is 4.67. The van der Waals surface area contributed by atoms with Gasteiger partial charge in [0, 0.05) is 5.56 Å². The molecule has 0 fully saturated rings. The van der Waals surface area contributed by atoms with Crippen LogP contribution in [0.5, 0.6) is 0 Å². The van der Waals surface area contributed by atoms with Gasteiger partial charge in [-0.25, -0.2) is 9.67 Å². The van der Waals surface area contributed by atoms with E-state index < -0.39 is 0 Å². The van der Waals surface area contributed by atoms with E-state index in [1.165, 1.54) is 17.1 Å². The maximum atomic E-state index is 12.8. The summed E-state index contributed by atoms with van der Waals surface area (Å²) < 4.78 is 2.96. The van der Waals surface area contributed by atoms with Crippen molar-refractivity contribution in [3.63, 3.8) is 0 Å². The summed E-state index contributed by atoms with van der Waals surface area (Å²) in [6.07, 6.45) is 2.91. The number of ketones is 1. The number of fused-ring (bicyclic) bond motifs is 1. The lowest BCUT2D eigenvalue weighted by Crippen LogP contribution is -2.25. The van der Waals surface area contributed by atoms with Gasteiger partial charge in [0.15, 0.2) is 11.4 Å². The van der Waals surface area contributed by atoms with Crippen molar-refractivity contribution in [2.45, 2.75) is 20.4 Å². The van der Waals surface area contributed by atoms with Crippen molar-refractivity contribution in [3.8, 4) is 5.69 Å². The van der Waals surface area contributed by atoms with Crippen molar-refractivity contribution in [2.24, 2.45) is 0 Å². The molecule has 0 aliphatic carbocycles. The molecule has 134 valence electrons. The molecule has 0 N–H and O–H groups in total. The van der Waals surface area contributed by atoms with E-state index in [1.807, 2.05) is 62.4 Å². The van der Waals surface area contributed by atoms with Crippen molar-refractivity contribution in [1.29, 1.82) is 0 Å². The molecule has 0 amide bonds. The molecule has 2 aromatic carbocycles. The number of hydrogen-bond donors (Lipinski definition) is 0. The SMILES string of the molecule is Cc1ccc(C)c(C(=O)Cn2cnc3c(cnn3-c3ccccc3)c2=O)c1. The maximum Gasteiger partial charge on any atom is 0.264 e. The third kappa shape index (κ3) is 3.06. The minimum atomic E-state index is -0.277. The minimum Gasteiger partial charge on any atom is -0.292 e. The van der Waals surface area contributed by atoms with Crippen LogP contribution in [0.25, 0.3) is 16.7 Å². The molecule has 0 radical (unpaired) electrons. The normalized spacial score (nSPS) is 11.0. The van der Waals surface area contributed by atoms with Crippen LogP contribution >= 0.6 is 0 Å². The van der Waals surface area contributed by atoms with Crippen LogP contribution in [0.4, 0.5) is 0 Å². The molecule has 2 aromatic heterocycles. The average Bonchev–Trinajstić information content (AvgIpc) is 3.11. The van der Waals surface area contributed by atoms with Crippen LogP contribution in [0, 0.1) is 13.8 Å². The van der Waals surface area contributed by atoms with Gasteiger partial charge < -0.3 is 0 Å². The van der Waals surface area contributed by atoms with Gasteiger partial charge in [-0.05, 0) is 37.6 Å². The summed E-state index contributed by atoms with van der Waals surface area (Å²) in [5.41, 5.74) is 3.55. The van der Waals surface area contributed by atoms with E-state index in [4.69, 9.17) is 0 Å². The number of para-hydroxylation sites is 1. The number of aryl methyl sites for hydroxylation is 2. The minimum absolute atomic E-state index is 0.0530. The Kier molecular flexibility index (Phi) is 4.16. The lowest BCUT2D eigenvalue weighted by molar-refractivity contribution is 0.0970. The van der Waals surface area contributed by atoms with Crippen LogP contribution in [0.1, 0.15) is 21.5 Å². The van der Waals surface area contributed by atoms with Gasteiger partial charge in [-0.2, -0.15) is 5.10 Å². The summed E-state index contributed by atoms with van der Waals surface area (Å²) in [6, 6.07) is 15.2. The zero-order valence-corrected chi connectivity index (χ0v) is 15.1. The molecule has 0 aliphatic rings. The topological polar surface area (TPSA) is 69.8 Å². The van der Waals surface area contributed by atoms with Gasteiger partial charge in [0.1, 0.15) is 11.7 Å². The second kappa shape index (κ2) is 6.64. The summed E-state index contributed by atoms with van der Waals surface area (Å²) in [4.78, 5) is 29.9. The molecular formula is C21H18N4O2. The van der Waals surface area contributed by atoms with Crippen molar-refractivity contribution in [1.82, 2.24) is 19.3 Å². The summed E-state index contributed by atoms with van der Waals surface area (Å²) in [6.45, 7) is 3.78. The summed E-state index contributed by atoms with van der Waals surface area (Å²) in [5.74, 6) is -0.116. The summed E-state index contributed by atoms with van der Waals surface area (Å²) in [7, 11) is 0. The van der Waals surface area contributed by atoms with Gasteiger partial charge in [-0.15, -0.1) is 0 Å². The van der Waals surface area contributed by atoms with Crippen LogP contribution in [0.2, 0.25) is 0 Å². The van der Waals surface area contributed by atoms with Gasteiger partial charge in [0.2, 0.25) is 0 Å². The van der Waals surface area contributed by atoms with Gasteiger partial charge >= 0.3 is 0 Å². The fraction of sp³-hybridized carbons (Fsp3) is 0.143. The van der Waals surface area contributed by atoms with Gasteiger partial charge in [0.25, 0.3) is 5.56 Å². The fourth-order valence-electron chi connectivity index (χ4n) is 3.10. The molecule has 6 nitrogen and oxygen atoms in total. The van der Waals surface area contributed by atoms with E-state index in [0.717, 1.165) is 16.8 Å². The molecule has 2 heterocycles. The summed E-state index contributed by atoms with van der Waals surface area (Å²) >= 11 is 0. The smallest absolute Gasteiger partial charge is 0.264 e. The van der Waals surface area contributed by atoms with Crippen molar-refractivity contribution in [2.75, 3.05) is 0 Å². The van der Waals surface area contributed by atoms with Crippen LogP contribution in [0.3, 0.4) is 0 Å². The standard InChI is InChI=1S/C21H18N4O2/c1-14-8-9-15(2)17(10-14)19(26)12-24-13-22-20-18(21(24)27)11-23-25(20)16-6-4-3-5-7-16/h3-11,13H,12H2,1-2H3. The van der Waals surface area contributed by atoms with Crippen LogP contribution in [0.15, 0.2) is 65.8 Å². The van der Waals surface area contributed by atoms with E-state index in [1.54, 1.807) is 4.68 Å². The average molecular weight is 358 g/mol. The predicted octanol–water partition coefficient (Wildman–Crippen LogP) is 3.08. The number of carbonyl (C=O) groups excluding carboxylic acids is 1. The quantitative estimate of drug-likeness (QED) is 0.526. The first-order valence-corrected chi connectivity index (χ1v) is 8.63. The Morgan fingerprint density at radius 1 is 1.07 bits per heavy atom. The predicted molar refractivity (Wildman–Crippen MR) is 103 cm³/mol. The van der Waals surface area contributed by atoms with Crippen molar-refractivity contribution in [3.05, 3.63) is 88.1 Å². The van der Waals surface area contributed by atoms with Crippen LogP contribution < -0.4 is 5.56 Å². The highest BCUT2D eigenvalue weighted by Crippen LogP contribution is 2.14. The highest BCUT2D eigenvalue weighted by molar-refractivity contribution is 5.97. The number of aromatic nitrogens is 4. The van der Waals surface area contributed by atoms with Crippen LogP contribution in [-0.2, 0) is 6.54 Å². The van der Waals surface area contributed by atoms with Crippen LogP contribution in [-0.4, -0.2) is 25.1 Å². The van der Waals surface area contributed by atoms with E-state index in [-0.39, 0.29) is 17.9 Å². The second-order valence-corrected chi connectivity index (χ2v) is 6.55. The third-order valence-electron chi connectivity index (χ3n) is 4.56. The molecule has 27 heavy (non-hydrogen) atoms. The number of benzene rings is 2. The first-order valence-electron chi connectivity index (χ1n) is 8.63. The Hall–Kier alpha value is -3.54. The van der Waals surface area contributed by atoms with Gasteiger partial charge in [0.05, 0.1) is 18.4 Å². The molecule has 0 saturated heterocycles. The van der Waals surface area contributed by atoms with Gasteiger partial charge in [-0.1, -0.05) is 35.9 Å². The molecule has 4 aromatic rings. The first-order chi connectivity index (χ1) is 13.0. The molecule has 0 aliphatic heterocycles. The Morgan fingerprint density at radius 3 is 2.63 bits per heavy atom. The third-order valence-corrected chi connectivity index (χ3v) is 4.56. The molecule has 0 bridgehead atoms. The maximum absolute atomic E-state index is 12.8. The zero-order chi connectivity index (χ0) is 19.0. The molecule has 6 heteroatoms. The lowest BCUT2D eigenvalue weighted by atomic mass is 10.0. The number of Topliss-reactive ketones (excluding diaryl/α,β-unsaturated/α-hetero) is 1. The van der Waals surface area contributed by atoms with E-state index in [2.05, 4.69) is 10.1 Å². The Balaban J connectivity index is 1.72. The highest BCUT2D eigenvalue weighted by Gasteiger charge is 2.15. The van der Waals surface area contributed by atoms with E-state index in [0.29, 0.717) is 16.6 Å².